The van der Waals surface area contributed by atoms with Gasteiger partial charge in [0.15, 0.2) is 0 Å². The Hall–Kier alpha value is -1.76. The lowest BCUT2D eigenvalue weighted by Gasteiger charge is -2.23. The lowest BCUT2D eigenvalue weighted by atomic mass is 9.98. The number of aliphatic hydroxyl groups is 3. The van der Waals surface area contributed by atoms with E-state index in [9.17, 15) is 15.3 Å². The first-order valence-corrected chi connectivity index (χ1v) is 8.16. The van der Waals surface area contributed by atoms with Crippen LogP contribution in [0.3, 0.4) is 0 Å². The van der Waals surface area contributed by atoms with Crippen molar-refractivity contribution in [1.29, 1.82) is 0 Å². The van der Waals surface area contributed by atoms with Crippen molar-refractivity contribution in [3.63, 3.8) is 0 Å². The molecule has 4 N–H and O–H groups in total. The Labute approximate surface area is 141 Å². The van der Waals surface area contributed by atoms with Crippen LogP contribution >= 0.6 is 0 Å². The van der Waals surface area contributed by atoms with E-state index in [4.69, 9.17) is 4.74 Å². The van der Waals surface area contributed by atoms with Crippen LogP contribution in [-0.4, -0.2) is 52.9 Å². The van der Waals surface area contributed by atoms with Gasteiger partial charge in [-0.3, -0.25) is 0 Å². The third-order valence-electron chi connectivity index (χ3n) is 4.43. The highest BCUT2D eigenvalue weighted by atomic mass is 16.6. The van der Waals surface area contributed by atoms with Gasteiger partial charge in [0.05, 0.1) is 18.8 Å². The van der Waals surface area contributed by atoms with Crippen molar-refractivity contribution in [3.8, 4) is 0 Å². The van der Waals surface area contributed by atoms with Crippen LogP contribution in [-0.2, 0) is 4.74 Å². The molecule has 0 aromatic heterocycles. The van der Waals surface area contributed by atoms with E-state index in [1.165, 1.54) is 0 Å². The van der Waals surface area contributed by atoms with E-state index >= 15 is 0 Å². The standard InChI is InChI=1S/C19H23NO4/c21-12-16-19(23)18(22)15(24-16)11-20-17(13-7-3-1-4-8-13)14-9-5-2-6-10-14/h1-10,15-23H,11-12H2/t15-,16-,18-,19-/m1/s1. The molecule has 0 aliphatic carbocycles. The summed E-state index contributed by atoms with van der Waals surface area (Å²) in [4.78, 5) is 0. The molecule has 24 heavy (non-hydrogen) atoms. The van der Waals surface area contributed by atoms with Gasteiger partial charge in [-0.05, 0) is 11.1 Å². The highest BCUT2D eigenvalue weighted by molar-refractivity contribution is 5.31. The minimum Gasteiger partial charge on any atom is -0.394 e. The number of hydrogen-bond acceptors (Lipinski definition) is 5. The topological polar surface area (TPSA) is 82.0 Å². The van der Waals surface area contributed by atoms with E-state index in [-0.39, 0.29) is 12.6 Å². The Morgan fingerprint density at radius 2 is 1.33 bits per heavy atom. The molecule has 1 saturated heterocycles. The van der Waals surface area contributed by atoms with Crippen LogP contribution in [0, 0.1) is 0 Å². The first-order chi connectivity index (χ1) is 11.7. The maximum Gasteiger partial charge on any atom is 0.111 e. The molecule has 128 valence electrons. The van der Waals surface area contributed by atoms with Crippen molar-refractivity contribution in [2.45, 2.75) is 30.5 Å². The van der Waals surface area contributed by atoms with E-state index in [1.807, 2.05) is 60.7 Å². The Kier molecular flexibility index (Phi) is 5.60. The molecule has 5 heteroatoms. The summed E-state index contributed by atoms with van der Waals surface area (Å²) in [5.74, 6) is 0. The molecule has 5 nitrogen and oxygen atoms in total. The first kappa shape index (κ1) is 17.1. The van der Waals surface area contributed by atoms with Crippen molar-refractivity contribution in [1.82, 2.24) is 5.32 Å². The number of nitrogens with one attached hydrogen (secondary N) is 1. The first-order valence-electron chi connectivity index (χ1n) is 8.16. The molecular formula is C19H23NO4. The molecule has 3 rings (SSSR count). The van der Waals surface area contributed by atoms with Crippen LogP contribution in [0.5, 0.6) is 0 Å². The zero-order valence-corrected chi connectivity index (χ0v) is 13.3. The fraction of sp³-hybridized carbons (Fsp3) is 0.368. The molecule has 2 aromatic rings. The fourth-order valence-electron chi connectivity index (χ4n) is 3.10. The average Bonchev–Trinajstić information content (AvgIpc) is 2.91. The zero-order chi connectivity index (χ0) is 16.9. The van der Waals surface area contributed by atoms with Gasteiger partial charge in [0.2, 0.25) is 0 Å². The molecule has 2 aromatic carbocycles. The largest absolute Gasteiger partial charge is 0.394 e. The van der Waals surface area contributed by atoms with Crippen molar-refractivity contribution >= 4 is 0 Å². The summed E-state index contributed by atoms with van der Waals surface area (Å²) < 4.78 is 5.54. The maximum atomic E-state index is 10.1. The molecule has 0 saturated carbocycles. The van der Waals surface area contributed by atoms with Crippen LogP contribution in [0.25, 0.3) is 0 Å². The summed E-state index contributed by atoms with van der Waals surface area (Å²) in [6.07, 6.45) is -3.37. The molecular weight excluding hydrogens is 306 g/mol. The molecule has 0 unspecified atom stereocenters. The predicted molar refractivity (Wildman–Crippen MR) is 90.5 cm³/mol. The monoisotopic (exact) mass is 329 g/mol. The van der Waals surface area contributed by atoms with Crippen molar-refractivity contribution in [3.05, 3.63) is 71.8 Å². The van der Waals surface area contributed by atoms with E-state index in [1.54, 1.807) is 0 Å². The Morgan fingerprint density at radius 3 is 1.79 bits per heavy atom. The third-order valence-corrected chi connectivity index (χ3v) is 4.43. The van der Waals surface area contributed by atoms with Gasteiger partial charge in [-0.1, -0.05) is 60.7 Å². The fourth-order valence-corrected chi connectivity index (χ4v) is 3.10. The zero-order valence-electron chi connectivity index (χ0n) is 13.3. The van der Waals surface area contributed by atoms with Gasteiger partial charge in [-0.15, -0.1) is 0 Å². The average molecular weight is 329 g/mol. The Morgan fingerprint density at radius 1 is 0.833 bits per heavy atom. The van der Waals surface area contributed by atoms with Gasteiger partial charge in [0, 0.05) is 6.54 Å². The summed E-state index contributed by atoms with van der Waals surface area (Å²) in [6.45, 7) is 0.0543. The Balaban J connectivity index is 1.74. The minimum atomic E-state index is -1.06. The summed E-state index contributed by atoms with van der Waals surface area (Å²) in [5, 5.41) is 32.6. The number of hydrogen-bond donors (Lipinski definition) is 4. The number of benzene rings is 2. The smallest absolute Gasteiger partial charge is 0.111 e. The van der Waals surface area contributed by atoms with Crippen molar-refractivity contribution in [2.75, 3.05) is 13.2 Å². The highest BCUT2D eigenvalue weighted by Gasteiger charge is 2.42. The van der Waals surface area contributed by atoms with E-state index < -0.39 is 24.4 Å². The molecule has 4 atom stereocenters. The molecule has 1 fully saturated rings. The third kappa shape index (κ3) is 3.66. The summed E-state index contributed by atoms with van der Waals surface area (Å²) in [6, 6.07) is 20.0. The second-order valence-electron chi connectivity index (χ2n) is 6.04. The van der Waals surface area contributed by atoms with E-state index in [2.05, 4.69) is 5.32 Å². The van der Waals surface area contributed by atoms with E-state index in [0.29, 0.717) is 6.54 Å². The SMILES string of the molecule is OC[C@H]1O[C@H](CNC(c2ccccc2)c2ccccc2)[C@@H](O)[C@@H]1O. The summed E-state index contributed by atoms with van der Waals surface area (Å²) >= 11 is 0. The quantitative estimate of drug-likeness (QED) is 0.632. The lowest BCUT2D eigenvalue weighted by Crippen LogP contribution is -2.39. The van der Waals surface area contributed by atoms with Crippen LogP contribution in [0.1, 0.15) is 17.2 Å². The second kappa shape index (κ2) is 7.88. The lowest BCUT2D eigenvalue weighted by molar-refractivity contribution is -0.0216. The van der Waals surface area contributed by atoms with E-state index in [0.717, 1.165) is 11.1 Å². The number of ether oxygens (including phenoxy) is 1. The molecule has 0 spiro atoms. The van der Waals surface area contributed by atoms with Gasteiger partial charge < -0.3 is 25.4 Å². The van der Waals surface area contributed by atoms with Crippen molar-refractivity contribution < 1.29 is 20.1 Å². The predicted octanol–water partition coefficient (Wildman–Crippen LogP) is 0.847. The summed E-state index contributed by atoms with van der Waals surface area (Å²) in [7, 11) is 0. The molecule has 1 aliphatic rings. The molecule has 1 heterocycles. The molecule has 0 bridgehead atoms. The molecule has 0 amide bonds. The summed E-state index contributed by atoms with van der Waals surface area (Å²) in [5.41, 5.74) is 2.21. The normalized spacial score (nSPS) is 26.8. The van der Waals surface area contributed by atoms with Crippen LogP contribution in [0.15, 0.2) is 60.7 Å². The van der Waals surface area contributed by atoms with Gasteiger partial charge in [0.1, 0.15) is 18.3 Å². The van der Waals surface area contributed by atoms with Gasteiger partial charge in [-0.25, -0.2) is 0 Å². The van der Waals surface area contributed by atoms with Gasteiger partial charge in [-0.2, -0.15) is 0 Å². The maximum absolute atomic E-state index is 10.1. The van der Waals surface area contributed by atoms with Gasteiger partial charge >= 0.3 is 0 Å². The highest BCUT2D eigenvalue weighted by Crippen LogP contribution is 2.24. The van der Waals surface area contributed by atoms with Gasteiger partial charge in [0.25, 0.3) is 0 Å². The molecule has 0 radical (unpaired) electrons. The Bertz CT molecular complexity index is 582. The number of rotatable bonds is 6. The molecule has 1 aliphatic heterocycles. The van der Waals surface area contributed by atoms with Crippen LogP contribution in [0.2, 0.25) is 0 Å². The minimum absolute atomic E-state index is 0.0477. The van der Waals surface area contributed by atoms with Crippen LogP contribution < -0.4 is 5.32 Å². The van der Waals surface area contributed by atoms with Crippen LogP contribution in [0.4, 0.5) is 0 Å². The second-order valence-corrected chi connectivity index (χ2v) is 6.04. The number of aliphatic hydroxyl groups excluding tert-OH is 3. The van der Waals surface area contributed by atoms with Crippen molar-refractivity contribution in [2.24, 2.45) is 0 Å².